The first-order valence-corrected chi connectivity index (χ1v) is 10.5. The Balaban J connectivity index is 2.36. The SMILES string of the molecule is [B]N1CCN(C(CCCCCCC)CCCCCCCC)C(=O)C1. The van der Waals surface area contributed by atoms with Crippen molar-refractivity contribution in [2.75, 3.05) is 19.6 Å². The van der Waals surface area contributed by atoms with Crippen LogP contribution in [0.2, 0.25) is 0 Å². The van der Waals surface area contributed by atoms with Gasteiger partial charge >= 0.3 is 0 Å². The lowest BCUT2D eigenvalue weighted by Gasteiger charge is -2.38. The molecule has 0 spiro atoms. The van der Waals surface area contributed by atoms with Gasteiger partial charge in [-0.15, -0.1) is 0 Å². The van der Waals surface area contributed by atoms with Crippen LogP contribution in [0.5, 0.6) is 0 Å². The maximum Gasteiger partial charge on any atom is 0.235 e. The van der Waals surface area contributed by atoms with E-state index in [2.05, 4.69) is 18.7 Å². The first-order chi connectivity index (χ1) is 11.7. The van der Waals surface area contributed by atoms with E-state index in [0.717, 1.165) is 13.1 Å². The summed E-state index contributed by atoms with van der Waals surface area (Å²) in [6.45, 7) is 6.53. The van der Waals surface area contributed by atoms with Crippen LogP contribution in [0.15, 0.2) is 0 Å². The molecule has 2 radical (unpaired) electrons. The molecule has 1 unspecified atom stereocenters. The molecule has 0 aliphatic carbocycles. The number of unbranched alkanes of at least 4 members (excludes halogenated alkanes) is 9. The number of amides is 1. The third-order valence-electron chi connectivity index (χ3n) is 5.26. The number of piperazine rings is 1. The minimum absolute atomic E-state index is 0.230. The van der Waals surface area contributed by atoms with Crippen molar-refractivity contribution in [3.8, 4) is 0 Å². The lowest BCUT2D eigenvalue weighted by atomic mass is 9.98. The number of carbonyl (C=O) groups is 1. The van der Waals surface area contributed by atoms with Gasteiger partial charge in [-0.05, 0) is 12.8 Å². The molecule has 0 saturated carbocycles. The fourth-order valence-corrected chi connectivity index (χ4v) is 3.69. The summed E-state index contributed by atoms with van der Waals surface area (Å²) in [5, 5.41) is 0. The van der Waals surface area contributed by atoms with Gasteiger partial charge < -0.3 is 9.71 Å². The van der Waals surface area contributed by atoms with E-state index in [0.29, 0.717) is 12.6 Å². The summed E-state index contributed by atoms with van der Waals surface area (Å²) in [5.41, 5.74) is 0. The number of hydrogen-bond donors (Lipinski definition) is 0. The third-order valence-corrected chi connectivity index (χ3v) is 5.26. The Morgan fingerprint density at radius 2 is 1.33 bits per heavy atom. The molecule has 4 heteroatoms. The van der Waals surface area contributed by atoms with E-state index in [-0.39, 0.29) is 5.91 Å². The molecule has 1 amide bonds. The van der Waals surface area contributed by atoms with Gasteiger partial charge in [0.2, 0.25) is 5.91 Å². The number of nitrogens with zero attached hydrogens (tertiary/aromatic N) is 2. The van der Waals surface area contributed by atoms with Crippen LogP contribution in [-0.2, 0) is 4.79 Å². The third kappa shape index (κ3) is 9.10. The summed E-state index contributed by atoms with van der Waals surface area (Å²) in [7, 11) is 5.80. The summed E-state index contributed by atoms with van der Waals surface area (Å²) >= 11 is 0. The van der Waals surface area contributed by atoms with Gasteiger partial charge in [0.1, 0.15) is 0 Å². The molecule has 138 valence electrons. The van der Waals surface area contributed by atoms with E-state index in [9.17, 15) is 4.79 Å². The minimum atomic E-state index is 0.230. The number of hydrogen-bond acceptors (Lipinski definition) is 2. The van der Waals surface area contributed by atoms with Crippen LogP contribution in [0, 0.1) is 0 Å². The van der Waals surface area contributed by atoms with Crippen molar-refractivity contribution in [1.82, 2.24) is 9.71 Å². The van der Waals surface area contributed by atoms with Gasteiger partial charge in [-0.3, -0.25) is 4.79 Å². The first kappa shape index (κ1) is 21.5. The Morgan fingerprint density at radius 3 is 1.83 bits per heavy atom. The molecule has 0 aromatic rings. The molecule has 0 N–H and O–H groups in total. The van der Waals surface area contributed by atoms with E-state index in [1.54, 1.807) is 4.81 Å². The second kappa shape index (κ2) is 13.7. The van der Waals surface area contributed by atoms with Gasteiger partial charge in [0.15, 0.2) is 7.98 Å². The number of rotatable bonds is 14. The Hall–Kier alpha value is -0.505. The summed E-state index contributed by atoms with van der Waals surface area (Å²) in [6, 6.07) is 0.444. The smallest absolute Gasteiger partial charge is 0.235 e. The van der Waals surface area contributed by atoms with Crippen molar-refractivity contribution in [2.24, 2.45) is 0 Å². The van der Waals surface area contributed by atoms with Crippen LogP contribution in [0.3, 0.4) is 0 Å². The molecule has 1 rings (SSSR count). The van der Waals surface area contributed by atoms with Gasteiger partial charge in [0.25, 0.3) is 0 Å². The largest absolute Gasteiger partial charge is 0.344 e. The molecule has 0 bridgehead atoms. The van der Waals surface area contributed by atoms with Crippen molar-refractivity contribution in [1.29, 1.82) is 0 Å². The van der Waals surface area contributed by atoms with Crippen molar-refractivity contribution < 1.29 is 4.79 Å². The molecule has 0 aromatic carbocycles. The minimum Gasteiger partial charge on any atom is -0.344 e. The standard InChI is InChI=1S/C20H39BN2O/c1-3-5-7-9-11-13-15-19(14-12-10-8-6-4-2)23-17-16-22(21)18-20(23)24/h19H,3-18H2,1-2H3. The Labute approximate surface area is 152 Å². The van der Waals surface area contributed by atoms with Crippen LogP contribution < -0.4 is 0 Å². The second-order valence-corrected chi connectivity index (χ2v) is 7.47. The van der Waals surface area contributed by atoms with Crippen molar-refractivity contribution >= 4 is 13.9 Å². The molecule has 3 nitrogen and oxygen atoms in total. The fraction of sp³-hybridized carbons (Fsp3) is 0.950. The normalized spacial score (nSPS) is 17.4. The van der Waals surface area contributed by atoms with Gasteiger partial charge in [0.05, 0.1) is 6.54 Å². The van der Waals surface area contributed by atoms with E-state index in [4.69, 9.17) is 7.98 Å². The zero-order chi connectivity index (χ0) is 17.6. The summed E-state index contributed by atoms with van der Waals surface area (Å²) in [6.07, 6.45) is 16.8. The van der Waals surface area contributed by atoms with Gasteiger partial charge in [0, 0.05) is 19.1 Å². The second-order valence-electron chi connectivity index (χ2n) is 7.47. The van der Waals surface area contributed by atoms with Crippen LogP contribution in [0.1, 0.15) is 97.3 Å². The van der Waals surface area contributed by atoms with E-state index >= 15 is 0 Å². The molecule has 1 atom stereocenters. The molecule has 24 heavy (non-hydrogen) atoms. The quantitative estimate of drug-likeness (QED) is 0.340. The van der Waals surface area contributed by atoms with E-state index in [1.165, 1.54) is 83.5 Å². The molecule has 0 aromatic heterocycles. The van der Waals surface area contributed by atoms with Gasteiger partial charge in [-0.25, -0.2) is 0 Å². The Kier molecular flexibility index (Phi) is 12.3. The highest BCUT2D eigenvalue weighted by Crippen LogP contribution is 2.20. The van der Waals surface area contributed by atoms with Crippen LogP contribution in [-0.4, -0.2) is 49.3 Å². The zero-order valence-electron chi connectivity index (χ0n) is 16.3. The van der Waals surface area contributed by atoms with E-state index in [1.807, 2.05) is 0 Å². The monoisotopic (exact) mass is 334 g/mol. The van der Waals surface area contributed by atoms with Crippen LogP contribution >= 0.6 is 0 Å². The maximum absolute atomic E-state index is 12.4. The fourth-order valence-electron chi connectivity index (χ4n) is 3.69. The zero-order valence-corrected chi connectivity index (χ0v) is 16.3. The molecule has 1 saturated heterocycles. The van der Waals surface area contributed by atoms with Crippen molar-refractivity contribution in [2.45, 2.75) is 103 Å². The highest BCUT2D eigenvalue weighted by atomic mass is 16.2. The van der Waals surface area contributed by atoms with Crippen molar-refractivity contribution in [3.63, 3.8) is 0 Å². The predicted molar refractivity (Wildman–Crippen MR) is 104 cm³/mol. The molecular formula is C20H39BN2O. The molecule has 1 fully saturated rings. The van der Waals surface area contributed by atoms with Crippen LogP contribution in [0.25, 0.3) is 0 Å². The van der Waals surface area contributed by atoms with Gasteiger partial charge in [-0.1, -0.05) is 84.5 Å². The van der Waals surface area contributed by atoms with Crippen molar-refractivity contribution in [3.05, 3.63) is 0 Å². The molecule has 1 aliphatic heterocycles. The summed E-state index contributed by atoms with van der Waals surface area (Å²) in [5.74, 6) is 0.230. The average Bonchev–Trinajstić information content (AvgIpc) is 2.56. The number of carbonyl (C=O) groups excluding carboxylic acids is 1. The maximum atomic E-state index is 12.4. The van der Waals surface area contributed by atoms with Crippen LogP contribution in [0.4, 0.5) is 0 Å². The average molecular weight is 334 g/mol. The highest BCUT2D eigenvalue weighted by molar-refractivity contribution is 6.06. The topological polar surface area (TPSA) is 23.6 Å². The van der Waals surface area contributed by atoms with Gasteiger partial charge in [-0.2, -0.15) is 0 Å². The lowest BCUT2D eigenvalue weighted by Crippen LogP contribution is -2.53. The van der Waals surface area contributed by atoms with E-state index < -0.39 is 0 Å². The Bertz CT molecular complexity index is 325. The Morgan fingerprint density at radius 1 is 0.833 bits per heavy atom. The molecule has 1 heterocycles. The molecular weight excluding hydrogens is 295 g/mol. The predicted octanol–water partition coefficient (Wildman–Crippen LogP) is 4.69. The highest BCUT2D eigenvalue weighted by Gasteiger charge is 2.27. The molecule has 1 aliphatic rings. The summed E-state index contributed by atoms with van der Waals surface area (Å²) in [4.78, 5) is 16.1. The summed E-state index contributed by atoms with van der Waals surface area (Å²) < 4.78 is 0. The first-order valence-electron chi connectivity index (χ1n) is 10.5. The lowest BCUT2D eigenvalue weighted by molar-refractivity contribution is -0.137.